The fourth-order valence-corrected chi connectivity index (χ4v) is 4.77. The smallest absolute Gasteiger partial charge is 0.303 e. The number of pyridine rings is 1. The lowest BCUT2D eigenvalue weighted by Gasteiger charge is -2.13. The molecule has 9 heteroatoms. The van der Waals surface area contributed by atoms with Crippen LogP contribution in [0.3, 0.4) is 0 Å². The van der Waals surface area contributed by atoms with Gasteiger partial charge in [-0.1, -0.05) is 50.2 Å². The van der Waals surface area contributed by atoms with E-state index in [-0.39, 0.29) is 6.42 Å². The van der Waals surface area contributed by atoms with Gasteiger partial charge in [0.05, 0.1) is 23.3 Å². The van der Waals surface area contributed by atoms with Crippen molar-refractivity contribution in [1.82, 2.24) is 35.2 Å². The van der Waals surface area contributed by atoms with Crippen molar-refractivity contribution in [3.63, 3.8) is 0 Å². The van der Waals surface area contributed by atoms with Gasteiger partial charge in [0.15, 0.2) is 5.82 Å². The third-order valence-electron chi connectivity index (χ3n) is 6.52. The summed E-state index contributed by atoms with van der Waals surface area (Å²) in [6.07, 6.45) is 3.20. The zero-order valence-corrected chi connectivity index (χ0v) is 21.0. The summed E-state index contributed by atoms with van der Waals surface area (Å²) in [5.74, 6) is 0.827. The Morgan fingerprint density at radius 1 is 1.00 bits per heavy atom. The number of hydrogen-bond acceptors (Lipinski definition) is 6. The lowest BCUT2D eigenvalue weighted by Crippen LogP contribution is -2.11. The number of nitrogens with one attached hydrogen (secondary N) is 1. The molecule has 0 aliphatic heterocycles. The van der Waals surface area contributed by atoms with Crippen LogP contribution in [-0.4, -0.2) is 46.2 Å². The van der Waals surface area contributed by atoms with E-state index in [4.69, 9.17) is 9.97 Å². The predicted octanol–water partition coefficient (Wildman–Crippen LogP) is 4.86. The summed E-state index contributed by atoms with van der Waals surface area (Å²) in [5.41, 5.74) is 6.73. The molecule has 5 aromatic rings. The molecule has 0 unspecified atom stereocenters. The Morgan fingerprint density at radius 3 is 2.57 bits per heavy atom. The molecule has 9 nitrogen and oxygen atoms in total. The van der Waals surface area contributed by atoms with Crippen molar-refractivity contribution >= 4 is 16.9 Å². The molecule has 0 aliphatic rings. The zero-order valence-electron chi connectivity index (χ0n) is 21.0. The average molecular weight is 496 g/mol. The number of aliphatic carboxylic acids is 1. The van der Waals surface area contributed by atoms with Gasteiger partial charge in [0, 0.05) is 35.2 Å². The van der Waals surface area contributed by atoms with E-state index in [1.807, 2.05) is 36.4 Å². The summed E-state index contributed by atoms with van der Waals surface area (Å²) in [6, 6.07) is 18.3. The molecule has 5 rings (SSSR count). The van der Waals surface area contributed by atoms with Gasteiger partial charge < -0.3 is 9.67 Å². The van der Waals surface area contributed by atoms with E-state index < -0.39 is 5.97 Å². The number of benzene rings is 2. The molecule has 0 spiro atoms. The minimum absolute atomic E-state index is 0.0975. The Balaban J connectivity index is 1.48. The van der Waals surface area contributed by atoms with E-state index in [9.17, 15) is 9.90 Å². The van der Waals surface area contributed by atoms with Gasteiger partial charge in [-0.2, -0.15) is 0 Å². The van der Waals surface area contributed by atoms with E-state index >= 15 is 0 Å². The van der Waals surface area contributed by atoms with Crippen LogP contribution in [-0.2, 0) is 30.6 Å². The molecule has 0 amide bonds. The first kappa shape index (κ1) is 24.3. The summed E-state index contributed by atoms with van der Waals surface area (Å²) >= 11 is 0. The zero-order chi connectivity index (χ0) is 25.8. The van der Waals surface area contributed by atoms with Crippen molar-refractivity contribution in [2.45, 2.75) is 52.5 Å². The topological polar surface area (TPSA) is 122 Å². The number of hydrogen-bond donors (Lipinski definition) is 2. The summed E-state index contributed by atoms with van der Waals surface area (Å²) in [4.78, 5) is 21.1. The van der Waals surface area contributed by atoms with Gasteiger partial charge >= 0.3 is 5.97 Å². The number of rotatable bonds is 10. The maximum absolute atomic E-state index is 11.3. The fraction of sp³-hybridized carbons (Fsp3) is 0.286. The Kier molecular flexibility index (Phi) is 7.02. The highest BCUT2D eigenvalue weighted by atomic mass is 16.4. The predicted molar refractivity (Wildman–Crippen MR) is 141 cm³/mol. The number of nitrogens with zero attached hydrogens (tertiary/aromatic N) is 6. The number of imidazole rings is 1. The van der Waals surface area contributed by atoms with Gasteiger partial charge in [0.25, 0.3) is 0 Å². The van der Waals surface area contributed by atoms with Crippen LogP contribution in [0.5, 0.6) is 0 Å². The summed E-state index contributed by atoms with van der Waals surface area (Å²) in [6.45, 7) is 4.86. The monoisotopic (exact) mass is 495 g/mol. The number of carboxylic acids is 1. The van der Waals surface area contributed by atoms with Crippen LogP contribution in [0.1, 0.15) is 49.5 Å². The van der Waals surface area contributed by atoms with Crippen molar-refractivity contribution in [2.75, 3.05) is 0 Å². The van der Waals surface area contributed by atoms with Gasteiger partial charge in [0.2, 0.25) is 0 Å². The molecule has 0 saturated heterocycles. The van der Waals surface area contributed by atoms with Crippen molar-refractivity contribution in [2.24, 2.45) is 0 Å². The van der Waals surface area contributed by atoms with Gasteiger partial charge in [-0.25, -0.2) is 15.1 Å². The second kappa shape index (κ2) is 10.7. The van der Waals surface area contributed by atoms with E-state index in [0.29, 0.717) is 18.8 Å². The lowest BCUT2D eigenvalue weighted by atomic mass is 10.0. The maximum atomic E-state index is 11.3. The number of aromatic amines is 1. The molecule has 188 valence electrons. The molecule has 2 N–H and O–H groups in total. The highest BCUT2D eigenvalue weighted by Gasteiger charge is 2.17. The third-order valence-corrected chi connectivity index (χ3v) is 6.52. The lowest BCUT2D eigenvalue weighted by molar-refractivity contribution is -0.137. The van der Waals surface area contributed by atoms with Gasteiger partial charge in [-0.3, -0.25) is 4.79 Å². The number of aromatic nitrogens is 7. The first-order valence-corrected chi connectivity index (χ1v) is 12.6. The molecular formula is C28H29N7O2. The SMILES string of the molecule is CCCc1nc(CC)c(CCC(=O)O)n1Cc1ccc2nc(-c3ccccc3-c3nnn[nH]3)ccc2c1. The van der Waals surface area contributed by atoms with E-state index in [2.05, 4.69) is 57.2 Å². The van der Waals surface area contributed by atoms with Crippen molar-refractivity contribution in [1.29, 1.82) is 0 Å². The van der Waals surface area contributed by atoms with Crippen LogP contribution >= 0.6 is 0 Å². The second-order valence-corrected chi connectivity index (χ2v) is 9.02. The first-order valence-electron chi connectivity index (χ1n) is 12.6. The van der Waals surface area contributed by atoms with Crippen LogP contribution in [0.15, 0.2) is 54.6 Å². The third kappa shape index (κ3) is 5.11. The van der Waals surface area contributed by atoms with Crippen LogP contribution in [0.4, 0.5) is 0 Å². The van der Waals surface area contributed by atoms with E-state index in [0.717, 1.165) is 69.8 Å². The number of carbonyl (C=O) groups is 1. The van der Waals surface area contributed by atoms with Crippen molar-refractivity contribution in [3.8, 4) is 22.6 Å². The number of carboxylic acid groups (broad SMARTS) is 1. The van der Waals surface area contributed by atoms with Gasteiger partial charge in [-0.15, -0.1) is 5.10 Å². The minimum atomic E-state index is -0.791. The van der Waals surface area contributed by atoms with Crippen LogP contribution < -0.4 is 0 Å². The quantitative estimate of drug-likeness (QED) is 0.284. The van der Waals surface area contributed by atoms with Crippen LogP contribution in [0, 0.1) is 0 Å². The van der Waals surface area contributed by atoms with Crippen molar-refractivity contribution in [3.05, 3.63) is 77.4 Å². The molecular weight excluding hydrogens is 466 g/mol. The Labute approximate surface area is 214 Å². The highest BCUT2D eigenvalue weighted by Crippen LogP contribution is 2.30. The molecule has 0 fully saturated rings. The van der Waals surface area contributed by atoms with Gasteiger partial charge in [-0.05, 0) is 53.5 Å². The van der Waals surface area contributed by atoms with E-state index in [1.165, 1.54) is 0 Å². The molecule has 0 atom stereocenters. The van der Waals surface area contributed by atoms with Gasteiger partial charge in [0.1, 0.15) is 5.82 Å². The normalized spacial score (nSPS) is 11.3. The molecule has 3 heterocycles. The van der Waals surface area contributed by atoms with Crippen LogP contribution in [0.25, 0.3) is 33.5 Å². The largest absolute Gasteiger partial charge is 0.481 e. The number of aryl methyl sites for hydroxylation is 2. The summed E-state index contributed by atoms with van der Waals surface area (Å²) in [7, 11) is 0. The number of H-pyrrole nitrogens is 1. The average Bonchev–Trinajstić information content (AvgIpc) is 3.56. The maximum Gasteiger partial charge on any atom is 0.303 e. The summed E-state index contributed by atoms with van der Waals surface area (Å²) in [5, 5.41) is 24.6. The number of fused-ring (bicyclic) bond motifs is 1. The summed E-state index contributed by atoms with van der Waals surface area (Å²) < 4.78 is 2.22. The van der Waals surface area contributed by atoms with Crippen molar-refractivity contribution < 1.29 is 9.90 Å². The standard InChI is InChI=1S/C28H29N7O2/c1-3-7-26-30-22(4-2)25(14-15-27(36)37)35(26)17-18-10-12-23-19(16-18)11-13-24(29-23)20-8-5-6-9-21(20)28-31-33-34-32-28/h5-6,8-13,16H,3-4,7,14-15,17H2,1-2H3,(H,36,37)(H,31,32,33,34). The molecule has 0 bridgehead atoms. The molecule has 37 heavy (non-hydrogen) atoms. The highest BCUT2D eigenvalue weighted by molar-refractivity contribution is 5.85. The van der Waals surface area contributed by atoms with Crippen LogP contribution in [0.2, 0.25) is 0 Å². The Hall–Kier alpha value is -4.40. The second-order valence-electron chi connectivity index (χ2n) is 9.02. The molecule has 3 aromatic heterocycles. The Bertz CT molecular complexity index is 1540. The molecule has 0 radical (unpaired) electrons. The molecule has 0 saturated carbocycles. The Morgan fingerprint density at radius 2 is 1.84 bits per heavy atom. The van der Waals surface area contributed by atoms with E-state index in [1.54, 1.807) is 0 Å². The number of tetrazole rings is 1. The molecule has 2 aromatic carbocycles. The minimum Gasteiger partial charge on any atom is -0.481 e. The first-order chi connectivity index (χ1) is 18.1. The fourth-order valence-electron chi connectivity index (χ4n) is 4.77. The molecule has 0 aliphatic carbocycles.